The average Bonchev–Trinajstić information content (AvgIpc) is 2.78. The molecule has 1 aliphatic heterocycles. The van der Waals surface area contributed by atoms with Crippen molar-refractivity contribution in [1.29, 1.82) is 0 Å². The van der Waals surface area contributed by atoms with Crippen LogP contribution >= 0.6 is 0 Å². The van der Waals surface area contributed by atoms with Crippen LogP contribution in [0.15, 0.2) is 30.3 Å². The number of likely N-dealkylation sites (tertiary alicyclic amines) is 1. The van der Waals surface area contributed by atoms with Crippen LogP contribution in [0.25, 0.3) is 0 Å². The lowest BCUT2D eigenvalue weighted by atomic mass is 10.1. The summed E-state index contributed by atoms with van der Waals surface area (Å²) in [5.74, 6) is -0.735. The maximum atomic E-state index is 10.7. The van der Waals surface area contributed by atoms with E-state index in [4.69, 9.17) is 5.11 Å². The summed E-state index contributed by atoms with van der Waals surface area (Å²) in [5.41, 5.74) is 1.30. The number of carbonyl (C=O) groups is 1. The molecule has 4 nitrogen and oxygen atoms in total. The summed E-state index contributed by atoms with van der Waals surface area (Å²) in [7, 11) is 2.11. The van der Waals surface area contributed by atoms with Crippen molar-refractivity contribution in [3.63, 3.8) is 0 Å². The average molecular weight is 248 g/mol. The minimum Gasteiger partial charge on any atom is -0.480 e. The number of hydrogen-bond acceptors (Lipinski definition) is 3. The standard InChI is InChI=1S/C14H20N2O2/c1-15(9-12-5-3-2-4-6-12)13-7-8-16(10-13)11-14(17)18/h2-6,13H,7-11H2,1H3,(H,17,18). The number of hydrogen-bond donors (Lipinski definition) is 1. The lowest BCUT2D eigenvalue weighted by molar-refractivity contribution is -0.138. The quantitative estimate of drug-likeness (QED) is 0.852. The molecular weight excluding hydrogens is 228 g/mol. The number of aliphatic carboxylic acids is 1. The van der Waals surface area contributed by atoms with Crippen LogP contribution in [0.5, 0.6) is 0 Å². The van der Waals surface area contributed by atoms with Crippen LogP contribution in [0.4, 0.5) is 0 Å². The second-order valence-electron chi connectivity index (χ2n) is 4.97. The largest absolute Gasteiger partial charge is 0.480 e. The second-order valence-corrected chi connectivity index (χ2v) is 4.97. The first-order valence-electron chi connectivity index (χ1n) is 6.33. The van der Waals surface area contributed by atoms with Crippen LogP contribution in [0.3, 0.4) is 0 Å². The third-order valence-electron chi connectivity index (χ3n) is 3.50. The molecule has 0 bridgehead atoms. The molecule has 98 valence electrons. The molecule has 0 aromatic heterocycles. The summed E-state index contributed by atoms with van der Waals surface area (Å²) in [6.07, 6.45) is 1.05. The molecule has 1 aromatic rings. The Hall–Kier alpha value is -1.39. The molecule has 1 atom stereocenters. The van der Waals surface area contributed by atoms with Gasteiger partial charge in [-0.15, -0.1) is 0 Å². The fourth-order valence-corrected chi connectivity index (χ4v) is 2.51. The Bertz CT molecular complexity index is 394. The number of benzene rings is 1. The van der Waals surface area contributed by atoms with Gasteiger partial charge in [0.2, 0.25) is 0 Å². The number of rotatable bonds is 5. The summed E-state index contributed by atoms with van der Waals surface area (Å²) in [5, 5.41) is 8.78. The van der Waals surface area contributed by atoms with Gasteiger partial charge in [-0.2, -0.15) is 0 Å². The summed E-state index contributed by atoms with van der Waals surface area (Å²) in [4.78, 5) is 15.0. The third kappa shape index (κ3) is 3.55. The monoisotopic (exact) mass is 248 g/mol. The van der Waals surface area contributed by atoms with Gasteiger partial charge in [0.25, 0.3) is 0 Å². The van der Waals surface area contributed by atoms with E-state index in [0.717, 1.165) is 26.1 Å². The zero-order valence-corrected chi connectivity index (χ0v) is 10.7. The number of carboxylic acid groups (broad SMARTS) is 1. The number of likely N-dealkylation sites (N-methyl/N-ethyl adjacent to an activating group) is 1. The predicted molar refractivity (Wildman–Crippen MR) is 70.4 cm³/mol. The predicted octanol–water partition coefficient (Wildman–Crippen LogP) is 1.28. The van der Waals surface area contributed by atoms with Gasteiger partial charge >= 0.3 is 5.97 Å². The summed E-state index contributed by atoms with van der Waals surface area (Å²) >= 11 is 0. The van der Waals surface area contributed by atoms with E-state index >= 15 is 0 Å². The van der Waals surface area contributed by atoms with Gasteiger partial charge in [-0.25, -0.2) is 0 Å². The molecule has 1 N–H and O–H groups in total. The van der Waals surface area contributed by atoms with E-state index in [9.17, 15) is 4.79 Å². The van der Waals surface area contributed by atoms with E-state index in [1.807, 2.05) is 11.0 Å². The first-order valence-corrected chi connectivity index (χ1v) is 6.33. The molecule has 1 unspecified atom stereocenters. The fourth-order valence-electron chi connectivity index (χ4n) is 2.51. The van der Waals surface area contributed by atoms with Crippen molar-refractivity contribution >= 4 is 5.97 Å². The maximum absolute atomic E-state index is 10.7. The van der Waals surface area contributed by atoms with Crippen molar-refractivity contribution in [2.75, 3.05) is 26.7 Å². The number of nitrogens with zero attached hydrogens (tertiary/aromatic N) is 2. The van der Waals surface area contributed by atoms with E-state index in [-0.39, 0.29) is 6.54 Å². The molecule has 1 heterocycles. The number of carboxylic acids is 1. The lowest BCUT2D eigenvalue weighted by Crippen LogP contribution is -2.35. The van der Waals surface area contributed by atoms with Crippen LogP contribution in [0.2, 0.25) is 0 Å². The van der Waals surface area contributed by atoms with Crippen molar-refractivity contribution < 1.29 is 9.90 Å². The molecule has 18 heavy (non-hydrogen) atoms. The van der Waals surface area contributed by atoms with Crippen molar-refractivity contribution in [3.05, 3.63) is 35.9 Å². The third-order valence-corrected chi connectivity index (χ3v) is 3.50. The van der Waals surface area contributed by atoms with Gasteiger partial charge in [-0.3, -0.25) is 14.6 Å². The van der Waals surface area contributed by atoms with E-state index in [2.05, 4.69) is 36.2 Å². The van der Waals surface area contributed by atoms with Gasteiger partial charge in [0.1, 0.15) is 0 Å². The molecule has 1 fully saturated rings. The Kier molecular flexibility index (Phi) is 4.33. The molecule has 2 rings (SSSR count). The lowest BCUT2D eigenvalue weighted by Gasteiger charge is -2.24. The molecule has 1 aliphatic rings. The highest BCUT2D eigenvalue weighted by atomic mass is 16.4. The van der Waals surface area contributed by atoms with Gasteiger partial charge in [-0.05, 0) is 19.0 Å². The molecule has 1 saturated heterocycles. The van der Waals surface area contributed by atoms with Gasteiger partial charge in [0.15, 0.2) is 0 Å². The zero-order valence-electron chi connectivity index (χ0n) is 10.7. The van der Waals surface area contributed by atoms with E-state index in [0.29, 0.717) is 6.04 Å². The SMILES string of the molecule is CN(Cc1ccccc1)C1CCN(CC(=O)O)C1. The zero-order chi connectivity index (χ0) is 13.0. The highest BCUT2D eigenvalue weighted by molar-refractivity contribution is 5.69. The molecular formula is C14H20N2O2. The minimum atomic E-state index is -0.735. The Morgan fingerprint density at radius 2 is 2.17 bits per heavy atom. The van der Waals surface area contributed by atoms with Crippen molar-refractivity contribution in [3.8, 4) is 0 Å². The fraction of sp³-hybridized carbons (Fsp3) is 0.500. The van der Waals surface area contributed by atoms with Crippen LogP contribution in [-0.4, -0.2) is 53.6 Å². The molecule has 0 radical (unpaired) electrons. The Morgan fingerprint density at radius 3 is 2.83 bits per heavy atom. The van der Waals surface area contributed by atoms with Crippen LogP contribution in [-0.2, 0) is 11.3 Å². The Morgan fingerprint density at radius 1 is 1.44 bits per heavy atom. The molecule has 0 amide bonds. The summed E-state index contributed by atoms with van der Waals surface area (Å²) in [6.45, 7) is 2.83. The summed E-state index contributed by atoms with van der Waals surface area (Å²) < 4.78 is 0. The van der Waals surface area contributed by atoms with Crippen LogP contribution in [0.1, 0.15) is 12.0 Å². The molecule has 1 aromatic carbocycles. The molecule has 0 spiro atoms. The minimum absolute atomic E-state index is 0.162. The molecule has 0 aliphatic carbocycles. The van der Waals surface area contributed by atoms with E-state index < -0.39 is 5.97 Å². The summed E-state index contributed by atoms with van der Waals surface area (Å²) in [6, 6.07) is 10.8. The molecule has 0 saturated carbocycles. The maximum Gasteiger partial charge on any atom is 0.317 e. The first-order chi connectivity index (χ1) is 8.65. The van der Waals surface area contributed by atoms with E-state index in [1.54, 1.807) is 0 Å². The van der Waals surface area contributed by atoms with Crippen LogP contribution in [0, 0.1) is 0 Å². The normalized spacial score (nSPS) is 20.4. The smallest absolute Gasteiger partial charge is 0.317 e. The highest BCUT2D eigenvalue weighted by Crippen LogP contribution is 2.16. The van der Waals surface area contributed by atoms with E-state index in [1.165, 1.54) is 5.56 Å². The first kappa shape index (κ1) is 13.1. The molecule has 4 heteroatoms. The van der Waals surface area contributed by atoms with Crippen molar-refractivity contribution in [2.24, 2.45) is 0 Å². The van der Waals surface area contributed by atoms with Gasteiger partial charge in [0.05, 0.1) is 6.54 Å². The van der Waals surface area contributed by atoms with Crippen molar-refractivity contribution in [2.45, 2.75) is 19.0 Å². The Balaban J connectivity index is 1.84. The second kappa shape index (κ2) is 5.98. The van der Waals surface area contributed by atoms with Crippen molar-refractivity contribution in [1.82, 2.24) is 9.80 Å². The topological polar surface area (TPSA) is 43.8 Å². The Labute approximate surface area is 108 Å². The highest BCUT2D eigenvalue weighted by Gasteiger charge is 2.26. The van der Waals surface area contributed by atoms with Gasteiger partial charge in [0, 0.05) is 25.7 Å². The van der Waals surface area contributed by atoms with Gasteiger partial charge < -0.3 is 5.11 Å². The van der Waals surface area contributed by atoms with Crippen LogP contribution < -0.4 is 0 Å². The van der Waals surface area contributed by atoms with Gasteiger partial charge in [-0.1, -0.05) is 30.3 Å².